The minimum Gasteiger partial charge on any atom is -0.394 e. The molecule has 0 aromatic carbocycles. The molecule has 1 spiro atoms. The van der Waals surface area contributed by atoms with Gasteiger partial charge in [0.1, 0.15) is 25.7 Å². The van der Waals surface area contributed by atoms with Crippen molar-refractivity contribution in [1.29, 1.82) is 0 Å². The third kappa shape index (κ3) is 0.878. The molecule has 2 saturated heterocycles. The van der Waals surface area contributed by atoms with Crippen LogP contribution in [0.5, 0.6) is 0 Å². The van der Waals surface area contributed by atoms with Crippen molar-refractivity contribution >= 4 is 7.85 Å². The van der Waals surface area contributed by atoms with E-state index >= 15 is 0 Å². The standard InChI is InChI=1S/C7H13BO4/c8-6-7(1-2-11-7)5(10)4(3-9)12-6/h4-6,9-10H,1-3,8H2/t4?,5?,6?,7-/m1/s1. The average Bonchev–Trinajstić information content (AvgIpc) is 2.21. The largest absolute Gasteiger partial charge is 0.394 e. The molecule has 2 N–H and O–H groups in total. The smallest absolute Gasteiger partial charge is 0.143 e. The van der Waals surface area contributed by atoms with Crippen LogP contribution < -0.4 is 0 Å². The number of rotatable bonds is 1. The maximum atomic E-state index is 9.72. The van der Waals surface area contributed by atoms with Crippen LogP contribution in [0.2, 0.25) is 0 Å². The number of hydrogen-bond donors (Lipinski definition) is 2. The van der Waals surface area contributed by atoms with Gasteiger partial charge in [0.15, 0.2) is 0 Å². The van der Waals surface area contributed by atoms with Crippen LogP contribution in [0.15, 0.2) is 0 Å². The molecule has 0 bridgehead atoms. The normalized spacial score (nSPS) is 52.7. The first-order chi connectivity index (χ1) is 5.70. The fourth-order valence-electron chi connectivity index (χ4n) is 2.04. The van der Waals surface area contributed by atoms with Crippen LogP contribution >= 0.6 is 0 Å². The maximum absolute atomic E-state index is 9.72. The van der Waals surface area contributed by atoms with E-state index in [1.807, 2.05) is 7.85 Å². The summed E-state index contributed by atoms with van der Waals surface area (Å²) in [6.07, 6.45) is -0.321. The number of hydrogen-bond acceptors (Lipinski definition) is 4. The molecule has 2 aliphatic heterocycles. The molecule has 3 unspecified atom stereocenters. The fourth-order valence-corrected chi connectivity index (χ4v) is 2.04. The van der Waals surface area contributed by atoms with Crippen LogP contribution in [0.25, 0.3) is 0 Å². The Hall–Kier alpha value is -0.0951. The molecular weight excluding hydrogens is 159 g/mol. The third-order valence-electron chi connectivity index (χ3n) is 2.96. The second-order valence-corrected chi connectivity index (χ2v) is 3.50. The second kappa shape index (κ2) is 2.70. The molecule has 2 aliphatic rings. The molecule has 2 rings (SSSR count). The summed E-state index contributed by atoms with van der Waals surface area (Å²) in [4.78, 5) is 0. The summed E-state index contributed by atoms with van der Waals surface area (Å²) in [6.45, 7) is 0.541. The highest BCUT2D eigenvalue weighted by atomic mass is 16.6. The van der Waals surface area contributed by atoms with Crippen molar-refractivity contribution < 1.29 is 19.7 Å². The van der Waals surface area contributed by atoms with Crippen molar-refractivity contribution in [3.05, 3.63) is 0 Å². The lowest BCUT2D eigenvalue weighted by atomic mass is 9.75. The Labute approximate surface area is 71.9 Å². The quantitative estimate of drug-likeness (QED) is 0.443. The van der Waals surface area contributed by atoms with Gasteiger partial charge in [-0.1, -0.05) is 0 Å². The molecule has 12 heavy (non-hydrogen) atoms. The van der Waals surface area contributed by atoms with Crippen LogP contribution in [0, 0.1) is 0 Å². The zero-order valence-corrected chi connectivity index (χ0v) is 7.06. The molecule has 0 aromatic heterocycles. The summed E-state index contributed by atoms with van der Waals surface area (Å²) in [6, 6.07) is -0.113. The topological polar surface area (TPSA) is 58.9 Å². The van der Waals surface area contributed by atoms with Crippen LogP contribution in [0.4, 0.5) is 0 Å². The summed E-state index contributed by atoms with van der Waals surface area (Å²) in [7, 11) is 1.87. The Bertz CT molecular complexity index is 182. The van der Waals surface area contributed by atoms with Gasteiger partial charge in [-0.2, -0.15) is 0 Å². The summed E-state index contributed by atoms with van der Waals surface area (Å²) >= 11 is 0. The van der Waals surface area contributed by atoms with Crippen LogP contribution in [-0.4, -0.2) is 55.1 Å². The van der Waals surface area contributed by atoms with E-state index in [9.17, 15) is 5.11 Å². The molecule has 0 amide bonds. The Morgan fingerprint density at radius 3 is 2.50 bits per heavy atom. The first kappa shape index (κ1) is 8.50. The Balaban J connectivity index is 2.14. The summed E-state index contributed by atoms with van der Waals surface area (Å²) < 4.78 is 10.7. The van der Waals surface area contributed by atoms with Gasteiger partial charge in [-0.15, -0.1) is 0 Å². The minimum atomic E-state index is -0.675. The van der Waals surface area contributed by atoms with Gasteiger partial charge in [-0.3, -0.25) is 0 Å². The fraction of sp³-hybridized carbons (Fsp3) is 1.00. The Morgan fingerprint density at radius 2 is 2.25 bits per heavy atom. The van der Waals surface area contributed by atoms with Crippen molar-refractivity contribution in [2.45, 2.75) is 30.2 Å². The lowest BCUT2D eigenvalue weighted by Gasteiger charge is -2.43. The van der Waals surface area contributed by atoms with Gasteiger partial charge < -0.3 is 19.7 Å². The van der Waals surface area contributed by atoms with Gasteiger partial charge in [0.05, 0.1) is 19.2 Å². The molecule has 5 heteroatoms. The SMILES string of the molecule is BC1OC(CO)C(O)[C@]12CCO2. The number of ether oxygens (including phenoxy) is 2. The highest BCUT2D eigenvalue weighted by molar-refractivity contribution is 6.12. The molecular formula is C7H13BO4. The molecule has 68 valence electrons. The van der Waals surface area contributed by atoms with Crippen molar-refractivity contribution in [3.8, 4) is 0 Å². The molecule has 2 fully saturated rings. The van der Waals surface area contributed by atoms with E-state index < -0.39 is 17.8 Å². The minimum absolute atomic E-state index is 0.113. The van der Waals surface area contributed by atoms with Crippen molar-refractivity contribution in [3.63, 3.8) is 0 Å². The van der Waals surface area contributed by atoms with Crippen LogP contribution in [-0.2, 0) is 9.47 Å². The predicted molar refractivity (Wildman–Crippen MR) is 43.6 cm³/mol. The molecule has 0 aliphatic carbocycles. The molecule has 4 atom stereocenters. The molecule has 2 heterocycles. The molecule has 0 saturated carbocycles. The maximum Gasteiger partial charge on any atom is 0.143 e. The van der Waals surface area contributed by atoms with E-state index in [1.54, 1.807) is 0 Å². The van der Waals surface area contributed by atoms with Gasteiger partial charge in [0.25, 0.3) is 0 Å². The summed E-state index contributed by atoms with van der Waals surface area (Å²) in [5.41, 5.74) is -0.520. The van der Waals surface area contributed by atoms with E-state index in [0.717, 1.165) is 6.42 Å². The lowest BCUT2D eigenvalue weighted by Crippen LogP contribution is -2.58. The van der Waals surface area contributed by atoms with Gasteiger partial charge in [0, 0.05) is 6.42 Å². The molecule has 4 nitrogen and oxygen atoms in total. The predicted octanol–water partition coefficient (Wildman–Crippen LogP) is -2.14. The van der Waals surface area contributed by atoms with Gasteiger partial charge in [0.2, 0.25) is 0 Å². The first-order valence-corrected chi connectivity index (χ1v) is 4.29. The van der Waals surface area contributed by atoms with E-state index in [0.29, 0.717) is 6.61 Å². The lowest BCUT2D eigenvalue weighted by molar-refractivity contribution is -0.194. The molecule has 0 radical (unpaired) electrons. The first-order valence-electron chi connectivity index (χ1n) is 4.29. The number of aliphatic hydroxyl groups excluding tert-OH is 2. The van der Waals surface area contributed by atoms with E-state index in [2.05, 4.69) is 0 Å². The zero-order chi connectivity index (χ0) is 8.77. The Kier molecular flexibility index (Phi) is 1.91. The second-order valence-electron chi connectivity index (χ2n) is 3.50. The summed E-state index contributed by atoms with van der Waals surface area (Å²) in [5.74, 6) is 0. The van der Waals surface area contributed by atoms with Crippen molar-refractivity contribution in [2.75, 3.05) is 13.2 Å². The van der Waals surface area contributed by atoms with Gasteiger partial charge >= 0.3 is 0 Å². The van der Waals surface area contributed by atoms with E-state index in [1.165, 1.54) is 0 Å². The molecule has 0 aromatic rings. The zero-order valence-electron chi connectivity index (χ0n) is 7.06. The van der Waals surface area contributed by atoms with E-state index in [-0.39, 0.29) is 12.6 Å². The van der Waals surface area contributed by atoms with Crippen LogP contribution in [0.3, 0.4) is 0 Å². The van der Waals surface area contributed by atoms with Crippen LogP contribution in [0.1, 0.15) is 6.42 Å². The van der Waals surface area contributed by atoms with Gasteiger partial charge in [-0.25, -0.2) is 0 Å². The van der Waals surface area contributed by atoms with Crippen molar-refractivity contribution in [2.24, 2.45) is 0 Å². The third-order valence-corrected chi connectivity index (χ3v) is 2.96. The monoisotopic (exact) mass is 172 g/mol. The van der Waals surface area contributed by atoms with Gasteiger partial charge in [-0.05, 0) is 0 Å². The number of aliphatic hydroxyl groups is 2. The average molecular weight is 172 g/mol. The van der Waals surface area contributed by atoms with Crippen molar-refractivity contribution in [1.82, 2.24) is 0 Å². The van der Waals surface area contributed by atoms with E-state index in [4.69, 9.17) is 14.6 Å². The Morgan fingerprint density at radius 1 is 1.58 bits per heavy atom. The highest BCUT2D eigenvalue weighted by Crippen LogP contribution is 2.41. The highest BCUT2D eigenvalue weighted by Gasteiger charge is 2.58. The summed E-state index contributed by atoms with van der Waals surface area (Å²) in [5, 5.41) is 18.6.